The van der Waals surface area contributed by atoms with Crippen molar-refractivity contribution in [3.05, 3.63) is 125 Å². The predicted octanol–water partition coefficient (Wildman–Crippen LogP) is 5.05. The molecular weight excluding hydrogens is 593 g/mol. The number of carbonyl (C=O) groups is 1. The van der Waals surface area contributed by atoms with E-state index in [0.29, 0.717) is 48.8 Å². The summed E-state index contributed by atoms with van der Waals surface area (Å²) >= 11 is 7.75. The molecule has 0 bridgehead atoms. The van der Waals surface area contributed by atoms with Crippen molar-refractivity contribution in [1.82, 2.24) is 4.57 Å². The molecule has 1 aromatic heterocycles. The number of hydrogen-bond donors (Lipinski definition) is 0. The van der Waals surface area contributed by atoms with Crippen LogP contribution in [0.4, 0.5) is 4.39 Å². The lowest BCUT2D eigenvalue weighted by atomic mass is 9.96. The molecular formula is C32H25ClFN3O5S. The van der Waals surface area contributed by atoms with Gasteiger partial charge in [0.2, 0.25) is 0 Å². The standard InChI is InChI=1S/C32H25ClFN3O5S/c1-4-41-31(39)27-18(2)36-32-37(28(27)20-9-11-23(34)12-10-20)30(38)26(43-32)15-19-13-24(33)29(25(14-19)40-3)42-17-22-8-6-5-7-21(22)16-35/h5-15,28H,4,17H2,1-3H3/b26-15-/t28-/m0/s1. The van der Waals surface area contributed by atoms with Gasteiger partial charge in [0.15, 0.2) is 16.3 Å². The maximum Gasteiger partial charge on any atom is 0.338 e. The van der Waals surface area contributed by atoms with Gasteiger partial charge in [0, 0.05) is 5.56 Å². The summed E-state index contributed by atoms with van der Waals surface area (Å²) in [5.74, 6) is -0.411. The Morgan fingerprint density at radius 1 is 1.21 bits per heavy atom. The van der Waals surface area contributed by atoms with Gasteiger partial charge in [-0.25, -0.2) is 14.2 Å². The number of methoxy groups -OCH3 is 1. The van der Waals surface area contributed by atoms with Gasteiger partial charge in [-0.2, -0.15) is 5.26 Å². The van der Waals surface area contributed by atoms with Crippen molar-refractivity contribution in [3.63, 3.8) is 0 Å². The first-order valence-electron chi connectivity index (χ1n) is 13.2. The van der Waals surface area contributed by atoms with E-state index in [1.165, 1.54) is 35.9 Å². The minimum absolute atomic E-state index is 0.100. The van der Waals surface area contributed by atoms with E-state index < -0.39 is 23.4 Å². The number of aromatic nitrogens is 1. The monoisotopic (exact) mass is 617 g/mol. The highest BCUT2D eigenvalue weighted by atomic mass is 35.5. The predicted molar refractivity (Wildman–Crippen MR) is 160 cm³/mol. The van der Waals surface area contributed by atoms with Crippen LogP contribution in [0.25, 0.3) is 6.08 Å². The zero-order valence-electron chi connectivity index (χ0n) is 23.4. The number of fused-ring (bicyclic) bond motifs is 1. The number of allylic oxidation sites excluding steroid dienone is 1. The van der Waals surface area contributed by atoms with Crippen LogP contribution in [0.5, 0.6) is 11.5 Å². The Kier molecular flexibility index (Phi) is 8.76. The maximum atomic E-state index is 13.8. The van der Waals surface area contributed by atoms with Crippen molar-refractivity contribution >= 4 is 35.0 Å². The second-order valence-corrected chi connectivity index (χ2v) is 10.9. The van der Waals surface area contributed by atoms with E-state index in [-0.39, 0.29) is 23.8 Å². The van der Waals surface area contributed by atoms with Gasteiger partial charge >= 0.3 is 5.97 Å². The molecule has 0 N–H and O–H groups in total. The molecule has 0 amide bonds. The molecule has 1 aliphatic heterocycles. The zero-order valence-corrected chi connectivity index (χ0v) is 25.0. The highest BCUT2D eigenvalue weighted by molar-refractivity contribution is 7.07. The Bertz CT molecular complexity index is 1980. The summed E-state index contributed by atoms with van der Waals surface area (Å²) in [5.41, 5.74) is 2.51. The van der Waals surface area contributed by atoms with Crippen LogP contribution in [-0.2, 0) is 16.1 Å². The van der Waals surface area contributed by atoms with Crippen LogP contribution >= 0.6 is 22.9 Å². The molecule has 0 aliphatic carbocycles. The summed E-state index contributed by atoms with van der Waals surface area (Å²) in [6.07, 6.45) is 1.65. The third kappa shape index (κ3) is 5.95. The third-order valence-electron chi connectivity index (χ3n) is 6.76. The highest BCUT2D eigenvalue weighted by Crippen LogP contribution is 2.37. The van der Waals surface area contributed by atoms with Crippen LogP contribution in [0.1, 0.15) is 42.1 Å². The second-order valence-electron chi connectivity index (χ2n) is 9.45. The van der Waals surface area contributed by atoms with Crippen LogP contribution in [-0.4, -0.2) is 24.3 Å². The van der Waals surface area contributed by atoms with Crippen LogP contribution in [0.3, 0.4) is 0 Å². The van der Waals surface area contributed by atoms with E-state index >= 15 is 0 Å². The minimum atomic E-state index is -0.858. The highest BCUT2D eigenvalue weighted by Gasteiger charge is 2.33. The van der Waals surface area contributed by atoms with Crippen LogP contribution in [0.15, 0.2) is 81.7 Å². The Morgan fingerprint density at radius 2 is 1.95 bits per heavy atom. The van der Waals surface area contributed by atoms with E-state index in [2.05, 4.69) is 11.1 Å². The largest absolute Gasteiger partial charge is 0.493 e. The molecule has 1 aliphatic rings. The molecule has 4 aromatic rings. The van der Waals surface area contributed by atoms with Gasteiger partial charge in [0.05, 0.1) is 52.2 Å². The summed E-state index contributed by atoms with van der Waals surface area (Å²) in [7, 11) is 1.47. The SMILES string of the molecule is CCOC(=O)C1=C(C)N=c2s/c(=C\c3cc(Cl)c(OCc4ccccc4C#N)c(OC)c3)c(=O)n2[C@H]1c1ccc(F)cc1. The summed E-state index contributed by atoms with van der Waals surface area (Å²) < 4.78 is 32.3. The number of ether oxygens (including phenoxy) is 3. The first kappa shape index (κ1) is 29.8. The molecule has 0 spiro atoms. The summed E-state index contributed by atoms with van der Waals surface area (Å²) in [6, 6.07) is 17.3. The average Bonchev–Trinajstić information content (AvgIpc) is 3.30. The maximum absolute atomic E-state index is 13.8. The molecule has 3 aromatic carbocycles. The van der Waals surface area contributed by atoms with E-state index in [1.54, 1.807) is 50.3 Å². The molecule has 0 unspecified atom stereocenters. The number of benzene rings is 3. The molecule has 43 heavy (non-hydrogen) atoms. The number of rotatable bonds is 8. The van der Waals surface area contributed by atoms with E-state index in [0.717, 1.165) is 11.3 Å². The Balaban J connectivity index is 1.57. The lowest BCUT2D eigenvalue weighted by molar-refractivity contribution is -0.139. The normalized spacial score (nSPS) is 14.5. The summed E-state index contributed by atoms with van der Waals surface area (Å²) in [4.78, 5) is 31.8. The first-order chi connectivity index (χ1) is 20.7. The molecule has 11 heteroatoms. The number of nitriles is 1. The van der Waals surface area contributed by atoms with Crippen molar-refractivity contribution in [2.24, 2.45) is 4.99 Å². The van der Waals surface area contributed by atoms with Gasteiger partial charge in [-0.05, 0) is 61.4 Å². The molecule has 1 atom stereocenters. The summed E-state index contributed by atoms with van der Waals surface area (Å²) in [6.45, 7) is 3.61. The van der Waals surface area contributed by atoms with Crippen molar-refractivity contribution in [2.75, 3.05) is 13.7 Å². The Labute approximate surface area is 255 Å². The topological polar surface area (TPSA) is 103 Å². The molecule has 0 radical (unpaired) electrons. The van der Waals surface area contributed by atoms with Gasteiger partial charge in [0.1, 0.15) is 12.4 Å². The van der Waals surface area contributed by atoms with Crippen molar-refractivity contribution in [3.8, 4) is 17.6 Å². The quantitative estimate of drug-likeness (QED) is 0.256. The number of nitrogens with zero attached hydrogens (tertiary/aromatic N) is 3. The molecule has 218 valence electrons. The molecule has 5 rings (SSSR count). The van der Waals surface area contributed by atoms with Gasteiger partial charge in [-0.1, -0.05) is 53.3 Å². The molecule has 0 saturated carbocycles. The van der Waals surface area contributed by atoms with Gasteiger partial charge in [-0.3, -0.25) is 9.36 Å². The van der Waals surface area contributed by atoms with Crippen molar-refractivity contribution in [2.45, 2.75) is 26.5 Å². The van der Waals surface area contributed by atoms with Crippen molar-refractivity contribution < 1.29 is 23.4 Å². The molecule has 2 heterocycles. The van der Waals surface area contributed by atoms with Crippen LogP contribution < -0.4 is 24.4 Å². The smallest absolute Gasteiger partial charge is 0.338 e. The number of halogens is 2. The molecule has 0 fully saturated rings. The van der Waals surface area contributed by atoms with E-state index in [4.69, 9.17) is 25.8 Å². The number of hydrogen-bond acceptors (Lipinski definition) is 8. The first-order valence-corrected chi connectivity index (χ1v) is 14.4. The number of esters is 1. The fourth-order valence-corrected chi connectivity index (χ4v) is 6.09. The fourth-order valence-electron chi connectivity index (χ4n) is 4.77. The van der Waals surface area contributed by atoms with Crippen LogP contribution in [0.2, 0.25) is 5.02 Å². The number of thiazole rings is 1. The fraction of sp³-hybridized carbons (Fsp3) is 0.188. The minimum Gasteiger partial charge on any atom is -0.493 e. The van der Waals surface area contributed by atoms with E-state index in [1.807, 2.05) is 6.07 Å². The van der Waals surface area contributed by atoms with Gasteiger partial charge < -0.3 is 14.2 Å². The molecule has 0 saturated heterocycles. The Morgan fingerprint density at radius 3 is 2.65 bits per heavy atom. The Hall–Kier alpha value is -4.72. The lowest BCUT2D eigenvalue weighted by Gasteiger charge is -2.24. The van der Waals surface area contributed by atoms with Crippen LogP contribution in [0, 0.1) is 17.1 Å². The second kappa shape index (κ2) is 12.7. The van der Waals surface area contributed by atoms with Gasteiger partial charge in [-0.15, -0.1) is 0 Å². The van der Waals surface area contributed by atoms with E-state index in [9.17, 15) is 19.2 Å². The third-order valence-corrected chi connectivity index (χ3v) is 8.03. The lowest BCUT2D eigenvalue weighted by Crippen LogP contribution is -2.39. The number of carbonyl (C=O) groups excluding carboxylic acids is 1. The molecule has 8 nitrogen and oxygen atoms in total. The van der Waals surface area contributed by atoms with Gasteiger partial charge in [0.25, 0.3) is 5.56 Å². The summed E-state index contributed by atoms with van der Waals surface area (Å²) in [5, 5.41) is 9.62. The average molecular weight is 618 g/mol. The van der Waals surface area contributed by atoms with Crippen molar-refractivity contribution in [1.29, 1.82) is 5.26 Å². The zero-order chi connectivity index (χ0) is 30.7.